The van der Waals surface area contributed by atoms with Gasteiger partial charge in [-0.25, -0.2) is 8.42 Å². The van der Waals surface area contributed by atoms with E-state index in [-0.39, 0.29) is 72.4 Å². The van der Waals surface area contributed by atoms with E-state index in [9.17, 15) is 25.9 Å². The third kappa shape index (κ3) is 9.44. The number of benzene rings is 5. The molecule has 6 rings (SSSR count). The fourth-order valence-corrected chi connectivity index (χ4v) is 10.4. The smallest absolute Gasteiger partial charge is 1.00 e. The van der Waals surface area contributed by atoms with Gasteiger partial charge in [0.1, 0.15) is 10.1 Å². The molecule has 1 heterocycles. The van der Waals surface area contributed by atoms with Crippen molar-refractivity contribution in [3.05, 3.63) is 117 Å². The second kappa shape index (κ2) is 17.8. The molecule has 9 nitrogen and oxygen atoms in total. The van der Waals surface area contributed by atoms with Crippen LogP contribution in [0.1, 0.15) is 89.3 Å². The van der Waals surface area contributed by atoms with Crippen molar-refractivity contribution in [3.8, 4) is 22.5 Å². The van der Waals surface area contributed by atoms with E-state index in [1.807, 2.05) is 52.0 Å². The van der Waals surface area contributed by atoms with Crippen molar-refractivity contribution >= 4 is 48.3 Å². The summed E-state index contributed by atoms with van der Waals surface area (Å²) in [6, 6.07) is 26.8. The molecule has 1 aliphatic carbocycles. The van der Waals surface area contributed by atoms with E-state index in [0.717, 1.165) is 22.2 Å². The minimum Gasteiger partial charge on any atom is 1.00 e. The number of halogens is 1. The van der Waals surface area contributed by atoms with Crippen LogP contribution in [0.4, 0.5) is 17.1 Å². The molecule has 0 spiro atoms. The first-order valence-electron chi connectivity index (χ1n) is 18.2. The van der Waals surface area contributed by atoms with Gasteiger partial charge >= 0.3 is 275 Å². The van der Waals surface area contributed by atoms with E-state index in [0.29, 0.717) is 61.5 Å². The number of alkyl halides is 1. The molecule has 0 radical (unpaired) electrons. The third-order valence-electron chi connectivity index (χ3n) is 9.42. The van der Waals surface area contributed by atoms with Crippen LogP contribution in [-0.2, 0) is 20.2 Å². The Bertz CT molecular complexity index is 2640. The Morgan fingerprint density at radius 2 is 1.45 bits per heavy atom. The zero-order chi connectivity index (χ0) is 39.8. The average Bonchev–Trinajstić information content (AvgIpc) is 3.12. The molecule has 56 heavy (non-hydrogen) atoms. The monoisotopic (exact) mass is 915 g/mol. The molecule has 0 saturated carbocycles. The van der Waals surface area contributed by atoms with E-state index < -0.39 is 20.2 Å². The van der Waals surface area contributed by atoms with Gasteiger partial charge in [-0.15, -0.1) is 0 Å². The van der Waals surface area contributed by atoms with E-state index >= 15 is 0 Å². The predicted molar refractivity (Wildman–Crippen MR) is 214 cm³/mol. The van der Waals surface area contributed by atoms with Gasteiger partial charge in [0.15, 0.2) is 0 Å². The Hall–Kier alpha value is -3.08. The molecule has 1 aliphatic heterocycles. The van der Waals surface area contributed by atoms with E-state index in [2.05, 4.69) is 44.3 Å². The molecule has 4 aromatic carbocycles. The molecule has 0 fully saturated rings. The number of rotatable bonds is 12. The zero-order valence-corrected chi connectivity index (χ0v) is 38.6. The van der Waals surface area contributed by atoms with Crippen LogP contribution in [-0.4, -0.2) is 30.4 Å². The Morgan fingerprint density at radius 1 is 0.786 bits per heavy atom. The minimum absolute atomic E-state index is 0. The summed E-state index contributed by atoms with van der Waals surface area (Å²) in [6.07, 6.45) is 1.12. The molecule has 2 N–H and O–H groups in total. The molecule has 4 aromatic rings. The summed E-state index contributed by atoms with van der Waals surface area (Å²) in [5.74, 6) is 0.416. The number of hydrogen-bond acceptors (Lipinski definition) is 8. The van der Waals surface area contributed by atoms with Crippen LogP contribution in [0.15, 0.2) is 110 Å². The molecular formula is C43H45IN2NaO7S2-. The fourth-order valence-electron chi connectivity index (χ4n) is 6.75. The Kier molecular flexibility index (Phi) is 14.0. The van der Waals surface area contributed by atoms with Crippen molar-refractivity contribution in [3.63, 3.8) is 0 Å². The van der Waals surface area contributed by atoms with Gasteiger partial charge in [-0.05, 0) is 35.1 Å². The molecule has 2 aliphatic rings. The standard InChI is InChI=1S/C43H46IN2O7S2.Na/c1-8-20-44-37-14-11-13-31(25(2)3)43(37)46-29-17-19-33-39(22-29)53-38-21-28(16-18-32(38)41(33)34-12-9-10-15-40(34)55(50,51)52)45-42-35(26(4)5)23-30(54(47,48)49)24-36(42)27(6)7;/h9-19,21-27,46H,8,20H2,1-7H3,(H,47,48,49)(H,50,51,52);/q-1;+1/p-1. The van der Waals surface area contributed by atoms with Crippen LogP contribution < -0.4 is 61.4 Å². The molecule has 290 valence electrons. The van der Waals surface area contributed by atoms with Crippen LogP contribution in [0.5, 0.6) is 0 Å². The number of hydrogen-bond donors (Lipinski definition) is 2. The van der Waals surface area contributed by atoms with Gasteiger partial charge in [0.2, 0.25) is 0 Å². The van der Waals surface area contributed by atoms with Gasteiger partial charge in [-0.2, -0.15) is 0 Å². The van der Waals surface area contributed by atoms with Crippen molar-refractivity contribution < 1.29 is 81.1 Å². The maximum absolute atomic E-state index is 12.7. The number of anilines is 2. The normalized spacial score (nSPS) is 12.7. The Balaban J connectivity index is 0.00000600. The van der Waals surface area contributed by atoms with E-state index in [4.69, 9.17) is 9.41 Å². The summed E-state index contributed by atoms with van der Waals surface area (Å²) < 4.78 is 81.3. The van der Waals surface area contributed by atoms with Crippen LogP contribution in [0.2, 0.25) is 0 Å². The Labute approximate surface area is 362 Å². The molecular weight excluding hydrogens is 871 g/mol. The summed E-state index contributed by atoms with van der Waals surface area (Å²) in [5.41, 5.74) is 6.91. The third-order valence-corrected chi connectivity index (χ3v) is 14.5. The van der Waals surface area contributed by atoms with Crippen molar-refractivity contribution in [2.45, 2.75) is 82.4 Å². The first-order chi connectivity index (χ1) is 26.0. The summed E-state index contributed by atoms with van der Waals surface area (Å²) in [7, 11) is -9.31. The second-order valence-corrected chi connectivity index (χ2v) is 20.2. The van der Waals surface area contributed by atoms with Crippen molar-refractivity contribution in [1.82, 2.24) is 0 Å². The van der Waals surface area contributed by atoms with Crippen LogP contribution >= 0.6 is 0 Å². The summed E-state index contributed by atoms with van der Waals surface area (Å²) in [6.45, 7) is 14.2. The molecule has 0 amide bonds. The maximum atomic E-state index is 12.7. The number of nitrogens with one attached hydrogen (secondary N) is 1. The first kappa shape index (κ1) is 44.0. The largest absolute Gasteiger partial charge is 1.00 e. The van der Waals surface area contributed by atoms with E-state index in [1.54, 1.807) is 30.3 Å². The van der Waals surface area contributed by atoms with Gasteiger partial charge in [-0.3, -0.25) is 0 Å². The second-order valence-electron chi connectivity index (χ2n) is 14.5. The number of nitrogens with zero attached hydrogens (tertiary/aromatic N) is 1. The number of para-hydroxylation sites is 1. The quantitative estimate of drug-likeness (QED) is 0.0605. The first-order valence-corrected chi connectivity index (χ1v) is 23.7. The maximum Gasteiger partial charge on any atom is 1.00 e. The molecule has 0 bridgehead atoms. The van der Waals surface area contributed by atoms with Gasteiger partial charge < -0.3 is 4.55 Å². The van der Waals surface area contributed by atoms with Crippen molar-refractivity contribution in [2.75, 3.05) is 9.74 Å². The minimum atomic E-state index is -4.71. The topological polar surface area (TPSA) is 149 Å². The summed E-state index contributed by atoms with van der Waals surface area (Å²) in [5, 5.41) is 4.86. The summed E-state index contributed by atoms with van der Waals surface area (Å²) in [4.78, 5) is 4.51. The van der Waals surface area contributed by atoms with Gasteiger partial charge in [0.05, 0.1) is 4.90 Å². The van der Waals surface area contributed by atoms with Gasteiger partial charge in [0.25, 0.3) is 0 Å². The van der Waals surface area contributed by atoms with Crippen LogP contribution in [0.3, 0.4) is 0 Å². The zero-order valence-electron chi connectivity index (χ0n) is 32.8. The van der Waals surface area contributed by atoms with Gasteiger partial charge in [0, 0.05) is 0 Å². The average molecular weight is 916 g/mol. The van der Waals surface area contributed by atoms with Gasteiger partial charge in [-0.1, -0.05) is 27.7 Å². The van der Waals surface area contributed by atoms with Crippen molar-refractivity contribution in [2.24, 2.45) is 4.99 Å². The number of fused-ring (bicyclic) bond motifs is 2. The fraction of sp³-hybridized carbons (Fsp3) is 0.279. The SMILES string of the molecule is CCC[I-]c1cccc(C(C)C)c1Nc1ccc2c(-c3ccccc3S(=O)(=O)O)c3ccc(=Nc4c(C(C)C)cc(S(=O)(=O)[O-])cc4C(C)C)cc-3oc2c1.[Na+]. The predicted octanol–water partition coefficient (Wildman–Crippen LogP) is 4.37. The Morgan fingerprint density at radius 3 is 2.05 bits per heavy atom. The van der Waals surface area contributed by atoms with Crippen molar-refractivity contribution in [1.29, 1.82) is 0 Å². The summed E-state index contributed by atoms with van der Waals surface area (Å²) >= 11 is -0.216. The van der Waals surface area contributed by atoms with Crippen LogP contribution in [0.25, 0.3) is 33.4 Å². The molecule has 0 unspecified atom stereocenters. The van der Waals surface area contributed by atoms with Crippen LogP contribution in [0, 0.1) is 3.57 Å². The molecule has 0 atom stereocenters. The molecule has 0 saturated heterocycles. The van der Waals surface area contributed by atoms with E-state index in [1.165, 1.54) is 27.3 Å². The molecule has 0 aromatic heterocycles. The molecule has 13 heteroatoms.